The van der Waals surface area contributed by atoms with E-state index in [1.54, 1.807) is 6.92 Å². The van der Waals surface area contributed by atoms with E-state index in [0.717, 1.165) is 6.08 Å². The van der Waals surface area contributed by atoms with Gasteiger partial charge in [-0.25, -0.2) is 4.79 Å². The molecule has 0 aromatic heterocycles. The average molecular weight is 213 g/mol. The van der Waals surface area contributed by atoms with Crippen LogP contribution in [0, 0.1) is 16.0 Å². The molecule has 0 aromatic carbocycles. The van der Waals surface area contributed by atoms with Crippen molar-refractivity contribution in [3.05, 3.63) is 33.2 Å². The maximum absolute atomic E-state index is 11.2. The van der Waals surface area contributed by atoms with Crippen molar-refractivity contribution < 1.29 is 19.6 Å². The molecule has 1 unspecified atom stereocenters. The van der Waals surface area contributed by atoms with Gasteiger partial charge in [-0.15, -0.1) is 0 Å². The molecule has 0 heterocycles. The Morgan fingerprint density at radius 2 is 2.33 bits per heavy atom. The van der Waals surface area contributed by atoms with Gasteiger partial charge in [0.25, 0.3) is 0 Å². The predicted octanol–water partition coefficient (Wildman–Crippen LogP) is 1.17. The van der Waals surface area contributed by atoms with E-state index in [-0.39, 0.29) is 23.7 Å². The second-order valence-electron chi connectivity index (χ2n) is 3.29. The number of ether oxygens (including phenoxy) is 1. The third-order valence-corrected chi connectivity index (χ3v) is 2.24. The van der Waals surface area contributed by atoms with Gasteiger partial charge in [0.2, 0.25) is 0 Å². The summed E-state index contributed by atoms with van der Waals surface area (Å²) in [6, 6.07) is 0. The number of aliphatic hydroxyl groups excluding tert-OH is 1. The van der Waals surface area contributed by atoms with Crippen molar-refractivity contribution in [3.63, 3.8) is 0 Å². The van der Waals surface area contributed by atoms with Crippen LogP contribution in [0.2, 0.25) is 0 Å². The van der Waals surface area contributed by atoms with Crippen LogP contribution in [0.5, 0.6) is 0 Å². The molecule has 0 aliphatic heterocycles. The lowest BCUT2D eigenvalue weighted by molar-refractivity contribution is -0.422. The normalized spacial score (nSPS) is 20.9. The molecule has 15 heavy (non-hydrogen) atoms. The standard InChI is InChI=1S/C9H11NO5/c1-5-3-8(11)7(10(13)14)4-6(5)9(12)15-2/h4-5,11H,3H2,1-2H3. The number of aliphatic hydroxyl groups is 1. The van der Waals surface area contributed by atoms with Gasteiger partial charge in [-0.2, -0.15) is 0 Å². The molecule has 0 spiro atoms. The molecule has 0 saturated carbocycles. The van der Waals surface area contributed by atoms with Crippen molar-refractivity contribution in [2.45, 2.75) is 13.3 Å². The van der Waals surface area contributed by atoms with Crippen LogP contribution < -0.4 is 0 Å². The molecule has 0 fully saturated rings. The smallest absolute Gasteiger partial charge is 0.334 e. The molecular formula is C9H11NO5. The summed E-state index contributed by atoms with van der Waals surface area (Å²) in [6.07, 6.45) is 1.15. The Morgan fingerprint density at radius 1 is 1.73 bits per heavy atom. The van der Waals surface area contributed by atoms with Gasteiger partial charge >= 0.3 is 11.7 Å². The zero-order valence-electron chi connectivity index (χ0n) is 8.39. The molecule has 6 heteroatoms. The fourth-order valence-corrected chi connectivity index (χ4v) is 1.41. The van der Waals surface area contributed by atoms with Gasteiger partial charge < -0.3 is 9.84 Å². The molecule has 1 aliphatic rings. The monoisotopic (exact) mass is 213 g/mol. The molecule has 6 nitrogen and oxygen atoms in total. The fourth-order valence-electron chi connectivity index (χ4n) is 1.41. The summed E-state index contributed by atoms with van der Waals surface area (Å²) < 4.78 is 4.49. The maximum Gasteiger partial charge on any atom is 0.334 e. The Labute approximate surface area is 86.0 Å². The van der Waals surface area contributed by atoms with E-state index in [1.807, 2.05) is 0 Å². The summed E-state index contributed by atoms with van der Waals surface area (Å²) >= 11 is 0. The number of rotatable bonds is 2. The summed E-state index contributed by atoms with van der Waals surface area (Å²) in [6.45, 7) is 1.69. The first-order valence-corrected chi connectivity index (χ1v) is 4.33. The highest BCUT2D eigenvalue weighted by molar-refractivity contribution is 5.89. The van der Waals surface area contributed by atoms with Crippen molar-refractivity contribution in [2.75, 3.05) is 7.11 Å². The van der Waals surface area contributed by atoms with Gasteiger partial charge in [0.1, 0.15) is 0 Å². The molecule has 82 valence electrons. The van der Waals surface area contributed by atoms with Crippen LogP contribution in [-0.2, 0) is 9.53 Å². The van der Waals surface area contributed by atoms with E-state index >= 15 is 0 Å². The van der Waals surface area contributed by atoms with Crippen molar-refractivity contribution in [1.82, 2.24) is 0 Å². The van der Waals surface area contributed by atoms with Crippen molar-refractivity contribution in [2.24, 2.45) is 5.92 Å². The van der Waals surface area contributed by atoms with Gasteiger partial charge in [0.15, 0.2) is 5.76 Å². The molecule has 0 radical (unpaired) electrons. The van der Waals surface area contributed by atoms with Crippen LogP contribution in [-0.4, -0.2) is 23.1 Å². The molecule has 0 aromatic rings. The summed E-state index contributed by atoms with van der Waals surface area (Å²) in [5.41, 5.74) is -0.226. The van der Waals surface area contributed by atoms with E-state index in [4.69, 9.17) is 0 Å². The zero-order valence-corrected chi connectivity index (χ0v) is 8.39. The third-order valence-electron chi connectivity index (χ3n) is 2.24. The number of carbonyl (C=O) groups excluding carboxylic acids is 1. The van der Waals surface area contributed by atoms with Gasteiger partial charge in [0, 0.05) is 18.1 Å². The quantitative estimate of drug-likeness (QED) is 0.422. The Kier molecular flexibility index (Phi) is 3.08. The highest BCUT2D eigenvalue weighted by Gasteiger charge is 2.30. The van der Waals surface area contributed by atoms with Gasteiger partial charge in [-0.1, -0.05) is 6.92 Å². The molecule has 0 saturated heterocycles. The molecular weight excluding hydrogens is 202 g/mol. The van der Waals surface area contributed by atoms with Crippen LogP contribution >= 0.6 is 0 Å². The van der Waals surface area contributed by atoms with Gasteiger partial charge in [-0.05, 0) is 5.92 Å². The molecule has 1 aliphatic carbocycles. The molecule has 1 rings (SSSR count). The minimum absolute atomic E-state index is 0.0806. The molecule has 0 bridgehead atoms. The van der Waals surface area contributed by atoms with E-state index in [1.165, 1.54) is 7.11 Å². The molecule has 1 atom stereocenters. The van der Waals surface area contributed by atoms with Gasteiger partial charge in [-0.3, -0.25) is 10.1 Å². The number of hydrogen-bond acceptors (Lipinski definition) is 5. The van der Waals surface area contributed by atoms with E-state index in [0.29, 0.717) is 0 Å². The maximum atomic E-state index is 11.2. The summed E-state index contributed by atoms with van der Waals surface area (Å²) in [4.78, 5) is 21.0. The summed E-state index contributed by atoms with van der Waals surface area (Å²) in [5.74, 6) is -1.18. The first-order valence-electron chi connectivity index (χ1n) is 4.33. The minimum Gasteiger partial charge on any atom is -0.506 e. The Morgan fingerprint density at radius 3 is 2.80 bits per heavy atom. The molecule has 0 amide bonds. The van der Waals surface area contributed by atoms with Crippen LogP contribution in [0.4, 0.5) is 0 Å². The summed E-state index contributed by atoms with van der Waals surface area (Å²) in [7, 11) is 1.21. The zero-order chi connectivity index (χ0) is 11.6. The average Bonchev–Trinajstić information content (AvgIpc) is 2.16. The number of methoxy groups -OCH3 is 1. The van der Waals surface area contributed by atoms with Crippen LogP contribution in [0.25, 0.3) is 0 Å². The fraction of sp³-hybridized carbons (Fsp3) is 0.444. The minimum atomic E-state index is -0.718. The first kappa shape index (κ1) is 11.2. The highest BCUT2D eigenvalue weighted by atomic mass is 16.6. The largest absolute Gasteiger partial charge is 0.506 e. The second-order valence-corrected chi connectivity index (χ2v) is 3.29. The number of nitro groups is 1. The van der Waals surface area contributed by atoms with Crippen LogP contribution in [0.15, 0.2) is 23.1 Å². The Balaban J connectivity index is 3.11. The lowest BCUT2D eigenvalue weighted by atomic mass is 9.91. The van der Waals surface area contributed by atoms with Crippen molar-refractivity contribution in [3.8, 4) is 0 Å². The number of nitrogens with zero attached hydrogens (tertiary/aromatic N) is 1. The number of hydrogen-bond donors (Lipinski definition) is 1. The lowest BCUT2D eigenvalue weighted by Gasteiger charge is -2.17. The second kappa shape index (κ2) is 4.12. The highest BCUT2D eigenvalue weighted by Crippen LogP contribution is 2.28. The lowest BCUT2D eigenvalue weighted by Crippen LogP contribution is -2.19. The number of esters is 1. The van der Waals surface area contributed by atoms with Crippen molar-refractivity contribution >= 4 is 5.97 Å². The number of carbonyl (C=O) groups is 1. The van der Waals surface area contributed by atoms with Crippen LogP contribution in [0.3, 0.4) is 0 Å². The Bertz CT molecular complexity index is 369. The van der Waals surface area contributed by atoms with E-state index in [2.05, 4.69) is 4.74 Å². The van der Waals surface area contributed by atoms with Crippen LogP contribution in [0.1, 0.15) is 13.3 Å². The topological polar surface area (TPSA) is 89.7 Å². The SMILES string of the molecule is COC(=O)C1=CC([N+](=O)[O-])=C(O)CC1C. The van der Waals surface area contributed by atoms with E-state index < -0.39 is 16.6 Å². The first-order chi connectivity index (χ1) is 6.97. The predicted molar refractivity (Wildman–Crippen MR) is 50.5 cm³/mol. The van der Waals surface area contributed by atoms with Crippen molar-refractivity contribution in [1.29, 1.82) is 0 Å². The Hall–Kier alpha value is -1.85. The molecule has 1 N–H and O–H groups in total. The van der Waals surface area contributed by atoms with Gasteiger partial charge in [0.05, 0.1) is 12.0 Å². The third kappa shape index (κ3) is 2.15. The number of allylic oxidation sites excluding steroid dienone is 2. The van der Waals surface area contributed by atoms with E-state index in [9.17, 15) is 20.0 Å². The summed E-state index contributed by atoms with van der Waals surface area (Å²) in [5, 5.41) is 19.8.